The molecule has 0 spiro atoms. The van der Waals surface area contributed by atoms with E-state index in [9.17, 15) is 9.90 Å². The molecule has 1 aliphatic rings. The Morgan fingerprint density at radius 1 is 1.50 bits per heavy atom. The van der Waals surface area contributed by atoms with Crippen LogP contribution in [0.3, 0.4) is 0 Å². The molecule has 110 valence electrons. The second-order valence-electron chi connectivity index (χ2n) is 4.91. The molecule has 1 aliphatic heterocycles. The van der Waals surface area contributed by atoms with E-state index in [2.05, 4.69) is 5.32 Å². The molecule has 5 nitrogen and oxygen atoms in total. The number of rotatable bonds is 5. The fourth-order valence-corrected chi connectivity index (χ4v) is 2.24. The van der Waals surface area contributed by atoms with Crippen LogP contribution in [-0.2, 0) is 4.79 Å². The monoisotopic (exact) mass is 298 g/mol. The molecule has 2 atom stereocenters. The number of benzene rings is 1. The average Bonchev–Trinajstić information content (AvgIpc) is 2.86. The fourth-order valence-electron chi connectivity index (χ4n) is 2.11. The van der Waals surface area contributed by atoms with Crippen LogP contribution in [0.2, 0.25) is 5.02 Å². The van der Waals surface area contributed by atoms with Gasteiger partial charge < -0.3 is 20.1 Å². The Morgan fingerprint density at radius 2 is 2.20 bits per heavy atom. The number of nitrogens with one attached hydrogen (secondary N) is 1. The highest BCUT2D eigenvalue weighted by atomic mass is 35.5. The minimum absolute atomic E-state index is 0.0127. The minimum Gasteiger partial charge on any atom is -0.492 e. The number of halogens is 1. The zero-order chi connectivity index (χ0) is 14.5. The second kappa shape index (κ2) is 6.92. The molecule has 1 amide bonds. The quantitative estimate of drug-likeness (QED) is 0.848. The van der Waals surface area contributed by atoms with Gasteiger partial charge in [0.2, 0.25) is 5.91 Å². The lowest BCUT2D eigenvalue weighted by Crippen LogP contribution is -2.43. The molecule has 0 radical (unpaired) electrons. The Kier molecular flexibility index (Phi) is 5.23. The van der Waals surface area contributed by atoms with Crippen LogP contribution in [0.1, 0.15) is 6.42 Å². The Hall–Kier alpha value is -1.30. The molecule has 0 bridgehead atoms. The zero-order valence-electron chi connectivity index (χ0n) is 11.4. The van der Waals surface area contributed by atoms with Crippen LogP contribution in [0.5, 0.6) is 5.75 Å². The van der Waals surface area contributed by atoms with Crippen LogP contribution >= 0.6 is 11.6 Å². The van der Waals surface area contributed by atoms with Crippen molar-refractivity contribution in [1.82, 2.24) is 10.2 Å². The normalized spacial score (nSPS) is 21.8. The number of ether oxygens (including phenoxy) is 1. The number of amides is 1. The van der Waals surface area contributed by atoms with Gasteiger partial charge in [-0.25, -0.2) is 0 Å². The lowest BCUT2D eigenvalue weighted by molar-refractivity contribution is -0.132. The molecule has 1 fully saturated rings. The minimum atomic E-state index is -0.428. The van der Waals surface area contributed by atoms with Gasteiger partial charge in [0.15, 0.2) is 0 Å². The highest BCUT2D eigenvalue weighted by Crippen LogP contribution is 2.15. The maximum atomic E-state index is 12.1. The summed E-state index contributed by atoms with van der Waals surface area (Å²) in [4.78, 5) is 13.7. The van der Waals surface area contributed by atoms with E-state index < -0.39 is 6.10 Å². The van der Waals surface area contributed by atoms with E-state index in [0.29, 0.717) is 31.1 Å². The van der Waals surface area contributed by atoms with Gasteiger partial charge >= 0.3 is 0 Å². The lowest BCUT2D eigenvalue weighted by atomic mass is 10.2. The van der Waals surface area contributed by atoms with Crippen LogP contribution in [0.15, 0.2) is 24.3 Å². The Labute approximate surface area is 123 Å². The summed E-state index contributed by atoms with van der Waals surface area (Å²) in [6.45, 7) is 1.39. The van der Waals surface area contributed by atoms with E-state index in [4.69, 9.17) is 16.3 Å². The first-order valence-electron chi connectivity index (χ1n) is 6.61. The Balaban J connectivity index is 1.73. The van der Waals surface area contributed by atoms with Crippen molar-refractivity contribution in [2.45, 2.75) is 18.6 Å². The first kappa shape index (κ1) is 15.1. The summed E-state index contributed by atoms with van der Waals surface area (Å²) in [6.07, 6.45) is 0.0453. The topological polar surface area (TPSA) is 61.8 Å². The van der Waals surface area contributed by atoms with Crippen molar-refractivity contribution in [3.05, 3.63) is 29.3 Å². The van der Waals surface area contributed by atoms with E-state index in [0.717, 1.165) is 5.75 Å². The van der Waals surface area contributed by atoms with E-state index in [1.165, 1.54) is 0 Å². The molecule has 0 aliphatic carbocycles. The van der Waals surface area contributed by atoms with Crippen LogP contribution in [0, 0.1) is 0 Å². The van der Waals surface area contributed by atoms with Gasteiger partial charge in [0.1, 0.15) is 12.4 Å². The summed E-state index contributed by atoms with van der Waals surface area (Å²) in [5.41, 5.74) is 0. The maximum absolute atomic E-state index is 12.1. The molecule has 2 rings (SSSR count). The van der Waals surface area contributed by atoms with Gasteiger partial charge in [-0.05, 0) is 30.7 Å². The van der Waals surface area contributed by atoms with Crippen molar-refractivity contribution in [3.8, 4) is 5.75 Å². The molecule has 6 heteroatoms. The summed E-state index contributed by atoms with van der Waals surface area (Å²) in [5, 5.41) is 13.1. The van der Waals surface area contributed by atoms with Gasteiger partial charge in [0, 0.05) is 18.6 Å². The van der Waals surface area contributed by atoms with Crippen molar-refractivity contribution in [1.29, 1.82) is 0 Å². The number of aliphatic hydroxyl groups excluding tert-OH is 1. The van der Waals surface area contributed by atoms with E-state index >= 15 is 0 Å². The van der Waals surface area contributed by atoms with Crippen LogP contribution in [0.25, 0.3) is 0 Å². The summed E-state index contributed by atoms with van der Waals surface area (Å²) < 4.78 is 5.54. The number of β-amino-alcohol motifs (C(OH)–C–C–N with tert-alkyl or cyclic N) is 1. The predicted molar refractivity (Wildman–Crippen MR) is 77.0 cm³/mol. The first-order chi connectivity index (χ1) is 9.56. The van der Waals surface area contributed by atoms with E-state index in [1.54, 1.807) is 36.2 Å². The molecule has 1 aromatic rings. The average molecular weight is 299 g/mol. The number of carbonyl (C=O) groups is 1. The molecule has 0 unspecified atom stereocenters. The number of carbonyl (C=O) groups excluding carboxylic acids is 1. The largest absolute Gasteiger partial charge is 0.492 e. The molecule has 1 aromatic carbocycles. The molecule has 2 N–H and O–H groups in total. The number of hydrogen-bond donors (Lipinski definition) is 2. The maximum Gasteiger partial charge on any atom is 0.239 e. The van der Waals surface area contributed by atoms with Crippen molar-refractivity contribution in [2.24, 2.45) is 0 Å². The van der Waals surface area contributed by atoms with E-state index in [-0.39, 0.29) is 11.9 Å². The number of aliphatic hydroxyl groups is 1. The number of likely N-dealkylation sites (N-methyl/N-ethyl adjacent to an activating group) is 1. The zero-order valence-corrected chi connectivity index (χ0v) is 12.1. The van der Waals surface area contributed by atoms with Gasteiger partial charge in [-0.15, -0.1) is 0 Å². The third-order valence-corrected chi connectivity index (χ3v) is 3.54. The highest BCUT2D eigenvalue weighted by Gasteiger charge is 2.29. The van der Waals surface area contributed by atoms with Gasteiger partial charge in [0.25, 0.3) is 0 Å². The second-order valence-corrected chi connectivity index (χ2v) is 5.35. The Morgan fingerprint density at radius 3 is 2.80 bits per heavy atom. The predicted octanol–water partition coefficient (Wildman–Crippen LogP) is 0.900. The van der Waals surface area contributed by atoms with Crippen LogP contribution < -0.4 is 10.1 Å². The molecule has 0 saturated carbocycles. The van der Waals surface area contributed by atoms with Crippen LogP contribution in [-0.4, -0.2) is 54.8 Å². The highest BCUT2D eigenvalue weighted by molar-refractivity contribution is 6.30. The summed E-state index contributed by atoms with van der Waals surface area (Å²) in [7, 11) is 1.74. The molecular formula is C14H19ClN2O3. The number of nitrogens with zero attached hydrogens (tertiary/aromatic N) is 1. The standard InChI is InChI=1S/C14H19ClN2O3/c1-17(14(19)13-8-11(18)9-16-13)6-7-20-12-4-2-10(15)3-5-12/h2-5,11,13,16,18H,6-9H2,1H3/t11-,13-/m0/s1. The summed E-state index contributed by atoms with van der Waals surface area (Å²) in [6, 6.07) is 6.81. The smallest absolute Gasteiger partial charge is 0.239 e. The third kappa shape index (κ3) is 4.10. The summed E-state index contributed by atoms with van der Waals surface area (Å²) >= 11 is 5.79. The lowest BCUT2D eigenvalue weighted by Gasteiger charge is -2.21. The third-order valence-electron chi connectivity index (χ3n) is 3.29. The molecule has 1 saturated heterocycles. The number of hydrogen-bond acceptors (Lipinski definition) is 4. The van der Waals surface area contributed by atoms with Crippen molar-refractivity contribution < 1.29 is 14.6 Å². The first-order valence-corrected chi connectivity index (χ1v) is 6.99. The SMILES string of the molecule is CN(CCOc1ccc(Cl)cc1)C(=O)[C@@H]1C[C@H](O)CN1. The van der Waals surface area contributed by atoms with Gasteiger partial charge in [-0.2, -0.15) is 0 Å². The van der Waals surface area contributed by atoms with Crippen molar-refractivity contribution in [3.63, 3.8) is 0 Å². The fraction of sp³-hybridized carbons (Fsp3) is 0.500. The van der Waals surface area contributed by atoms with Crippen LogP contribution in [0.4, 0.5) is 0 Å². The molecule has 0 aromatic heterocycles. The molecule has 1 heterocycles. The summed E-state index contributed by atoms with van der Waals surface area (Å²) in [5.74, 6) is 0.714. The molecule has 20 heavy (non-hydrogen) atoms. The van der Waals surface area contributed by atoms with Crippen molar-refractivity contribution in [2.75, 3.05) is 26.7 Å². The van der Waals surface area contributed by atoms with E-state index in [1.807, 2.05) is 0 Å². The van der Waals surface area contributed by atoms with Crippen molar-refractivity contribution >= 4 is 17.5 Å². The molecular weight excluding hydrogens is 280 g/mol. The van der Waals surface area contributed by atoms with Gasteiger partial charge in [-0.1, -0.05) is 11.6 Å². The van der Waals surface area contributed by atoms with Gasteiger partial charge in [0.05, 0.1) is 18.7 Å². The Bertz CT molecular complexity index is 452. The van der Waals surface area contributed by atoms with Gasteiger partial charge in [-0.3, -0.25) is 4.79 Å².